The van der Waals surface area contributed by atoms with Gasteiger partial charge in [0.1, 0.15) is 0 Å². The van der Waals surface area contributed by atoms with E-state index in [-0.39, 0.29) is 5.03 Å². The second-order valence-electron chi connectivity index (χ2n) is 5.72. The smallest absolute Gasteiger partial charge is 0.260 e. The number of hydrogen-bond acceptors (Lipinski definition) is 4. The van der Waals surface area contributed by atoms with Crippen LogP contribution in [0, 0.1) is 0 Å². The summed E-state index contributed by atoms with van der Waals surface area (Å²) in [5, 5.41) is 3.41. The van der Waals surface area contributed by atoms with Crippen LogP contribution in [0.1, 0.15) is 32.8 Å². The standard InChI is InChI=1S/C15H23N3O2S/c1-12(2)16-9-14-6-7-15(17-10-14)21(19,20)18-8-4-5-13(3)11-18/h5-7,10,12,16H,4,8-9,11H2,1-3H3. The van der Waals surface area contributed by atoms with Crippen LogP contribution in [0.2, 0.25) is 0 Å². The Morgan fingerprint density at radius 1 is 1.38 bits per heavy atom. The van der Waals surface area contributed by atoms with Gasteiger partial charge in [0.05, 0.1) is 0 Å². The van der Waals surface area contributed by atoms with Crippen LogP contribution >= 0.6 is 0 Å². The van der Waals surface area contributed by atoms with Crippen LogP contribution < -0.4 is 5.32 Å². The van der Waals surface area contributed by atoms with E-state index >= 15 is 0 Å². The second-order valence-corrected chi connectivity index (χ2v) is 7.60. The van der Waals surface area contributed by atoms with E-state index in [0.717, 1.165) is 17.6 Å². The molecule has 0 atom stereocenters. The summed E-state index contributed by atoms with van der Waals surface area (Å²) in [7, 11) is -3.48. The fourth-order valence-corrected chi connectivity index (χ4v) is 3.61. The monoisotopic (exact) mass is 309 g/mol. The van der Waals surface area contributed by atoms with Gasteiger partial charge in [-0.2, -0.15) is 4.31 Å². The molecule has 1 aromatic rings. The van der Waals surface area contributed by atoms with Crippen molar-refractivity contribution in [1.29, 1.82) is 0 Å². The Hall–Kier alpha value is -1.24. The lowest BCUT2D eigenvalue weighted by Crippen LogP contribution is -2.35. The van der Waals surface area contributed by atoms with Crippen LogP contribution in [-0.2, 0) is 16.6 Å². The first-order valence-corrected chi connectivity index (χ1v) is 8.67. The molecule has 0 aliphatic carbocycles. The minimum absolute atomic E-state index is 0.130. The highest BCUT2D eigenvalue weighted by molar-refractivity contribution is 7.89. The molecule has 1 aliphatic heterocycles. The molecule has 0 saturated carbocycles. The topological polar surface area (TPSA) is 62.3 Å². The van der Waals surface area contributed by atoms with Crippen molar-refractivity contribution in [2.75, 3.05) is 13.1 Å². The van der Waals surface area contributed by atoms with Crippen LogP contribution in [0.5, 0.6) is 0 Å². The maximum absolute atomic E-state index is 12.5. The van der Waals surface area contributed by atoms with E-state index in [9.17, 15) is 8.42 Å². The number of sulfonamides is 1. The number of hydrogen-bond donors (Lipinski definition) is 1. The van der Waals surface area contributed by atoms with Gasteiger partial charge in [0.15, 0.2) is 5.03 Å². The van der Waals surface area contributed by atoms with Crippen molar-refractivity contribution in [2.24, 2.45) is 0 Å². The van der Waals surface area contributed by atoms with Crippen molar-refractivity contribution >= 4 is 10.0 Å². The van der Waals surface area contributed by atoms with E-state index in [1.807, 2.05) is 13.0 Å². The van der Waals surface area contributed by atoms with Crippen LogP contribution in [-0.4, -0.2) is 36.8 Å². The van der Waals surface area contributed by atoms with E-state index in [4.69, 9.17) is 0 Å². The first-order chi connectivity index (χ1) is 9.89. The van der Waals surface area contributed by atoms with E-state index in [1.54, 1.807) is 12.3 Å². The maximum atomic E-state index is 12.5. The number of rotatable bonds is 5. The third kappa shape index (κ3) is 4.12. The molecule has 0 bridgehead atoms. The van der Waals surface area contributed by atoms with Gasteiger partial charge in [0.25, 0.3) is 10.0 Å². The molecule has 0 amide bonds. The van der Waals surface area contributed by atoms with Crippen molar-refractivity contribution in [2.45, 2.75) is 44.8 Å². The lowest BCUT2D eigenvalue weighted by atomic mass is 10.2. The average molecular weight is 309 g/mol. The minimum Gasteiger partial charge on any atom is -0.310 e. The van der Waals surface area contributed by atoms with Gasteiger partial charge >= 0.3 is 0 Å². The highest BCUT2D eigenvalue weighted by Crippen LogP contribution is 2.19. The summed E-state index contributed by atoms with van der Waals surface area (Å²) >= 11 is 0. The summed E-state index contributed by atoms with van der Waals surface area (Å²) in [6.07, 6.45) is 4.48. The van der Waals surface area contributed by atoms with Gasteiger partial charge in [0, 0.05) is 31.9 Å². The Labute approximate surface area is 127 Å². The van der Waals surface area contributed by atoms with E-state index in [1.165, 1.54) is 4.31 Å². The van der Waals surface area contributed by atoms with Gasteiger partial charge < -0.3 is 5.32 Å². The molecule has 2 rings (SSSR count). The molecule has 2 heterocycles. The Kier molecular flexibility index (Phi) is 5.13. The molecule has 1 aromatic heterocycles. The summed E-state index contributed by atoms with van der Waals surface area (Å²) in [6, 6.07) is 3.80. The molecule has 6 heteroatoms. The lowest BCUT2D eigenvalue weighted by Gasteiger charge is -2.24. The first-order valence-electron chi connectivity index (χ1n) is 7.23. The molecule has 0 radical (unpaired) electrons. The Balaban J connectivity index is 2.12. The number of nitrogens with one attached hydrogen (secondary N) is 1. The van der Waals surface area contributed by atoms with Gasteiger partial charge in [0.2, 0.25) is 0 Å². The third-order valence-corrected chi connectivity index (χ3v) is 5.17. The molecule has 116 valence electrons. The van der Waals surface area contributed by atoms with E-state index in [0.29, 0.717) is 25.7 Å². The van der Waals surface area contributed by atoms with Crippen LogP contribution in [0.3, 0.4) is 0 Å². The fraction of sp³-hybridized carbons (Fsp3) is 0.533. The zero-order valence-corrected chi connectivity index (χ0v) is 13.7. The molecule has 1 N–H and O–H groups in total. The quantitative estimate of drug-likeness (QED) is 0.844. The third-order valence-electron chi connectivity index (χ3n) is 3.41. The molecule has 0 saturated heterocycles. The molecule has 0 aromatic carbocycles. The number of nitrogens with zero attached hydrogens (tertiary/aromatic N) is 2. The molecule has 0 unspecified atom stereocenters. The SMILES string of the molecule is CC1=CCCN(S(=O)(=O)c2ccc(CNC(C)C)cn2)C1. The van der Waals surface area contributed by atoms with Crippen molar-refractivity contribution in [1.82, 2.24) is 14.6 Å². The first kappa shape index (κ1) is 16.1. The molecule has 0 spiro atoms. The minimum atomic E-state index is -3.48. The largest absolute Gasteiger partial charge is 0.310 e. The van der Waals surface area contributed by atoms with Crippen molar-refractivity contribution < 1.29 is 8.42 Å². The summed E-state index contributed by atoms with van der Waals surface area (Å²) < 4.78 is 26.6. The maximum Gasteiger partial charge on any atom is 0.260 e. The highest BCUT2D eigenvalue weighted by atomic mass is 32.2. The van der Waals surface area contributed by atoms with Gasteiger partial charge in [-0.25, -0.2) is 13.4 Å². The number of pyridine rings is 1. The lowest BCUT2D eigenvalue weighted by molar-refractivity contribution is 0.425. The van der Waals surface area contributed by atoms with Gasteiger partial charge in [-0.05, 0) is 25.0 Å². The molecule has 21 heavy (non-hydrogen) atoms. The second kappa shape index (κ2) is 6.68. The van der Waals surface area contributed by atoms with Gasteiger partial charge in [-0.3, -0.25) is 0 Å². The zero-order valence-electron chi connectivity index (χ0n) is 12.8. The summed E-state index contributed by atoms with van der Waals surface area (Å²) in [5.41, 5.74) is 2.07. The molecule has 0 fully saturated rings. The van der Waals surface area contributed by atoms with E-state index in [2.05, 4.69) is 30.2 Å². The highest BCUT2D eigenvalue weighted by Gasteiger charge is 2.26. The Morgan fingerprint density at radius 2 is 2.14 bits per heavy atom. The van der Waals surface area contributed by atoms with Crippen molar-refractivity contribution in [3.05, 3.63) is 35.5 Å². The van der Waals surface area contributed by atoms with Gasteiger partial charge in [-0.1, -0.05) is 31.6 Å². The molecule has 1 aliphatic rings. The van der Waals surface area contributed by atoms with Gasteiger partial charge in [-0.15, -0.1) is 0 Å². The fourth-order valence-electron chi connectivity index (χ4n) is 2.20. The summed E-state index contributed by atoms with van der Waals surface area (Å²) in [5.74, 6) is 0. The normalized spacial score (nSPS) is 17.0. The zero-order chi connectivity index (χ0) is 15.5. The predicted octanol–water partition coefficient (Wildman–Crippen LogP) is 1.92. The molecule has 5 nitrogen and oxygen atoms in total. The average Bonchev–Trinajstić information content (AvgIpc) is 2.45. The van der Waals surface area contributed by atoms with Crippen molar-refractivity contribution in [3.63, 3.8) is 0 Å². The summed E-state index contributed by atoms with van der Waals surface area (Å²) in [6.45, 7) is 7.77. The Bertz CT molecular complexity index is 606. The predicted molar refractivity (Wildman–Crippen MR) is 83.3 cm³/mol. The van der Waals surface area contributed by atoms with Crippen LogP contribution in [0.15, 0.2) is 35.0 Å². The summed E-state index contributed by atoms with van der Waals surface area (Å²) in [4.78, 5) is 4.14. The number of aromatic nitrogens is 1. The molecular weight excluding hydrogens is 286 g/mol. The van der Waals surface area contributed by atoms with Crippen molar-refractivity contribution in [3.8, 4) is 0 Å². The molecular formula is C15H23N3O2S. The van der Waals surface area contributed by atoms with E-state index < -0.39 is 10.0 Å². The Morgan fingerprint density at radius 3 is 2.71 bits per heavy atom. The van der Waals surface area contributed by atoms with Crippen LogP contribution in [0.4, 0.5) is 0 Å². The van der Waals surface area contributed by atoms with Crippen LogP contribution in [0.25, 0.3) is 0 Å².